The molecule has 1 aliphatic carbocycles. The minimum Gasteiger partial charge on any atom is -0.480 e. The van der Waals surface area contributed by atoms with Crippen molar-refractivity contribution in [3.63, 3.8) is 0 Å². The molecule has 0 radical (unpaired) electrons. The first-order valence-corrected chi connectivity index (χ1v) is 7.71. The highest BCUT2D eigenvalue weighted by Gasteiger charge is 2.30. The molecule has 21 heavy (non-hydrogen) atoms. The highest BCUT2D eigenvalue weighted by Crippen LogP contribution is 2.26. The molecule has 0 heterocycles. The van der Waals surface area contributed by atoms with E-state index in [0.29, 0.717) is 10.6 Å². The summed E-state index contributed by atoms with van der Waals surface area (Å²) in [6.45, 7) is 0. The number of carbonyl (C=O) groups excluding carboxylic acids is 1. The number of aliphatic carboxylic acids is 1. The van der Waals surface area contributed by atoms with Crippen molar-refractivity contribution in [2.24, 2.45) is 5.92 Å². The molecule has 1 aromatic carbocycles. The van der Waals surface area contributed by atoms with Crippen LogP contribution in [-0.4, -0.2) is 23.0 Å². The van der Waals surface area contributed by atoms with Gasteiger partial charge < -0.3 is 10.4 Å². The standard InChI is InChI=1S/C16H20ClNO3/c17-13-9-5-4-8-12(13)10-14(19)18-15(16(20)21)11-6-2-1-3-7-11/h4-5,8-9,11,15H,1-3,6-7,10H2,(H,18,19)(H,20,21). The van der Waals surface area contributed by atoms with E-state index in [2.05, 4.69) is 5.32 Å². The summed E-state index contributed by atoms with van der Waals surface area (Å²) in [6.07, 6.45) is 5.06. The molecule has 0 bridgehead atoms. The highest BCUT2D eigenvalue weighted by atomic mass is 35.5. The topological polar surface area (TPSA) is 66.4 Å². The number of amides is 1. The average Bonchev–Trinajstić information content (AvgIpc) is 2.48. The second kappa shape index (κ2) is 7.46. The molecular formula is C16H20ClNO3. The fraction of sp³-hybridized carbons (Fsp3) is 0.500. The number of nitrogens with one attached hydrogen (secondary N) is 1. The summed E-state index contributed by atoms with van der Waals surface area (Å²) in [5.74, 6) is -1.21. The fourth-order valence-corrected chi connectivity index (χ4v) is 3.09. The lowest BCUT2D eigenvalue weighted by Gasteiger charge is -2.28. The van der Waals surface area contributed by atoms with Crippen LogP contribution >= 0.6 is 11.6 Å². The molecule has 1 saturated carbocycles. The zero-order valence-corrected chi connectivity index (χ0v) is 12.6. The van der Waals surface area contributed by atoms with E-state index in [1.165, 1.54) is 0 Å². The molecule has 1 aliphatic rings. The fourth-order valence-electron chi connectivity index (χ4n) is 2.89. The van der Waals surface area contributed by atoms with E-state index in [-0.39, 0.29) is 18.2 Å². The SMILES string of the molecule is O=C(Cc1ccccc1Cl)NC(C(=O)O)C1CCCCC1. The molecule has 1 unspecified atom stereocenters. The van der Waals surface area contributed by atoms with Crippen molar-refractivity contribution in [1.82, 2.24) is 5.32 Å². The maximum atomic E-state index is 12.1. The predicted octanol–water partition coefficient (Wildman–Crippen LogP) is 3.03. The van der Waals surface area contributed by atoms with Crippen molar-refractivity contribution >= 4 is 23.5 Å². The van der Waals surface area contributed by atoms with Gasteiger partial charge in [0.2, 0.25) is 5.91 Å². The van der Waals surface area contributed by atoms with Gasteiger partial charge in [0.25, 0.3) is 0 Å². The molecule has 0 aliphatic heterocycles. The number of carbonyl (C=O) groups is 2. The molecule has 1 amide bonds. The van der Waals surface area contributed by atoms with Gasteiger partial charge in [-0.3, -0.25) is 4.79 Å². The number of halogens is 1. The van der Waals surface area contributed by atoms with Gasteiger partial charge in [-0.2, -0.15) is 0 Å². The van der Waals surface area contributed by atoms with Gasteiger partial charge in [-0.1, -0.05) is 49.1 Å². The lowest BCUT2D eigenvalue weighted by molar-refractivity contribution is -0.143. The van der Waals surface area contributed by atoms with Crippen LogP contribution in [0.4, 0.5) is 0 Å². The van der Waals surface area contributed by atoms with Gasteiger partial charge in [0.15, 0.2) is 0 Å². The van der Waals surface area contributed by atoms with Crippen molar-refractivity contribution in [3.8, 4) is 0 Å². The average molecular weight is 310 g/mol. The van der Waals surface area contributed by atoms with Crippen molar-refractivity contribution in [1.29, 1.82) is 0 Å². The quantitative estimate of drug-likeness (QED) is 0.878. The van der Waals surface area contributed by atoms with Crippen LogP contribution in [0.5, 0.6) is 0 Å². The summed E-state index contributed by atoms with van der Waals surface area (Å²) in [7, 11) is 0. The Morgan fingerprint density at radius 1 is 1.24 bits per heavy atom. The molecule has 0 spiro atoms. The molecule has 2 rings (SSSR count). The predicted molar refractivity (Wildman–Crippen MR) is 81.3 cm³/mol. The third-order valence-corrected chi connectivity index (χ3v) is 4.38. The second-order valence-corrected chi connectivity index (χ2v) is 5.96. The Labute approximate surface area is 129 Å². The Balaban J connectivity index is 1.98. The monoisotopic (exact) mass is 309 g/mol. The number of carboxylic acids is 1. The molecule has 4 nitrogen and oxygen atoms in total. The minimum absolute atomic E-state index is 0.0337. The zero-order chi connectivity index (χ0) is 15.2. The van der Waals surface area contributed by atoms with E-state index in [1.807, 2.05) is 6.07 Å². The Kier molecular flexibility index (Phi) is 5.62. The van der Waals surface area contributed by atoms with E-state index in [9.17, 15) is 14.7 Å². The van der Waals surface area contributed by atoms with E-state index < -0.39 is 12.0 Å². The summed E-state index contributed by atoms with van der Waals surface area (Å²) in [4.78, 5) is 23.5. The minimum atomic E-state index is -0.950. The van der Waals surface area contributed by atoms with Crippen LogP contribution in [0.3, 0.4) is 0 Å². The van der Waals surface area contributed by atoms with Crippen LogP contribution in [0.1, 0.15) is 37.7 Å². The summed E-state index contributed by atoms with van der Waals surface area (Å²) < 4.78 is 0. The maximum absolute atomic E-state index is 12.1. The second-order valence-electron chi connectivity index (χ2n) is 5.55. The summed E-state index contributed by atoms with van der Waals surface area (Å²) >= 11 is 6.02. The lowest BCUT2D eigenvalue weighted by atomic mass is 9.84. The molecule has 0 aromatic heterocycles. The molecule has 1 aromatic rings. The van der Waals surface area contributed by atoms with Crippen LogP contribution < -0.4 is 5.32 Å². The first-order chi connectivity index (χ1) is 10.1. The molecule has 5 heteroatoms. The summed E-state index contributed by atoms with van der Waals surface area (Å²) in [6, 6.07) is 6.31. The van der Waals surface area contributed by atoms with E-state index in [1.54, 1.807) is 18.2 Å². The van der Waals surface area contributed by atoms with Gasteiger partial charge in [-0.15, -0.1) is 0 Å². The first-order valence-electron chi connectivity index (χ1n) is 7.33. The first kappa shape index (κ1) is 15.8. The van der Waals surface area contributed by atoms with Crippen LogP contribution in [0.15, 0.2) is 24.3 Å². The Hall–Kier alpha value is -1.55. The third-order valence-electron chi connectivity index (χ3n) is 4.01. The van der Waals surface area contributed by atoms with Crippen molar-refractivity contribution < 1.29 is 14.7 Å². The van der Waals surface area contributed by atoms with Crippen molar-refractivity contribution in [2.75, 3.05) is 0 Å². The van der Waals surface area contributed by atoms with Gasteiger partial charge >= 0.3 is 5.97 Å². The van der Waals surface area contributed by atoms with Crippen LogP contribution in [0.2, 0.25) is 5.02 Å². The van der Waals surface area contributed by atoms with Crippen molar-refractivity contribution in [3.05, 3.63) is 34.9 Å². The van der Waals surface area contributed by atoms with Crippen molar-refractivity contribution in [2.45, 2.75) is 44.6 Å². The molecule has 0 saturated heterocycles. The summed E-state index contributed by atoms with van der Waals surface area (Å²) in [5.41, 5.74) is 0.712. The van der Waals surface area contributed by atoms with Gasteiger partial charge in [0, 0.05) is 5.02 Å². The molecule has 1 atom stereocenters. The maximum Gasteiger partial charge on any atom is 0.326 e. The Morgan fingerprint density at radius 3 is 2.52 bits per heavy atom. The molecule has 2 N–H and O–H groups in total. The largest absolute Gasteiger partial charge is 0.480 e. The third kappa shape index (κ3) is 4.46. The van der Waals surface area contributed by atoms with Gasteiger partial charge in [-0.05, 0) is 30.4 Å². The van der Waals surface area contributed by atoms with E-state index in [0.717, 1.165) is 32.1 Å². The zero-order valence-electron chi connectivity index (χ0n) is 11.8. The molecule has 114 valence electrons. The highest BCUT2D eigenvalue weighted by molar-refractivity contribution is 6.31. The van der Waals surface area contributed by atoms with Gasteiger partial charge in [0.1, 0.15) is 6.04 Å². The normalized spacial score (nSPS) is 17.2. The number of carboxylic acid groups (broad SMARTS) is 1. The van der Waals surface area contributed by atoms with Crippen LogP contribution in [0, 0.1) is 5.92 Å². The Morgan fingerprint density at radius 2 is 1.90 bits per heavy atom. The Bertz CT molecular complexity index is 512. The van der Waals surface area contributed by atoms with E-state index in [4.69, 9.17) is 11.6 Å². The molecule has 1 fully saturated rings. The van der Waals surface area contributed by atoms with Crippen LogP contribution in [-0.2, 0) is 16.0 Å². The van der Waals surface area contributed by atoms with Gasteiger partial charge in [-0.25, -0.2) is 4.79 Å². The number of hydrogen-bond donors (Lipinski definition) is 2. The lowest BCUT2D eigenvalue weighted by Crippen LogP contribution is -2.47. The van der Waals surface area contributed by atoms with E-state index >= 15 is 0 Å². The summed E-state index contributed by atoms with van der Waals surface area (Å²) in [5, 5.41) is 12.5. The smallest absolute Gasteiger partial charge is 0.326 e. The number of benzene rings is 1. The number of hydrogen-bond acceptors (Lipinski definition) is 2. The van der Waals surface area contributed by atoms with Gasteiger partial charge in [0.05, 0.1) is 6.42 Å². The number of rotatable bonds is 5. The van der Waals surface area contributed by atoms with Crippen LogP contribution in [0.25, 0.3) is 0 Å². The molecular weight excluding hydrogens is 290 g/mol.